The summed E-state index contributed by atoms with van der Waals surface area (Å²) >= 11 is 0. The van der Waals surface area contributed by atoms with Crippen molar-refractivity contribution in [2.75, 3.05) is 37.7 Å². The van der Waals surface area contributed by atoms with Crippen molar-refractivity contribution >= 4 is 16.9 Å². The van der Waals surface area contributed by atoms with E-state index >= 15 is 0 Å². The van der Waals surface area contributed by atoms with Gasteiger partial charge in [0.05, 0.1) is 0 Å². The third kappa shape index (κ3) is 7.84. The van der Waals surface area contributed by atoms with E-state index in [2.05, 4.69) is 23.4 Å². The molecule has 2 saturated heterocycles. The van der Waals surface area contributed by atoms with E-state index in [0.717, 1.165) is 70.0 Å². The van der Waals surface area contributed by atoms with Crippen LogP contribution >= 0.6 is 0 Å². The summed E-state index contributed by atoms with van der Waals surface area (Å²) < 4.78 is 82.9. The number of benzene rings is 1. The molecule has 2 heterocycles. The maximum atomic E-state index is 13.3. The fourth-order valence-corrected chi connectivity index (χ4v) is 11.4. The van der Waals surface area contributed by atoms with Gasteiger partial charge in [-0.25, -0.2) is 10.3 Å². The van der Waals surface area contributed by atoms with Crippen LogP contribution in [0, 0.1) is 23.2 Å². The van der Waals surface area contributed by atoms with Gasteiger partial charge in [0, 0.05) is 53.9 Å². The van der Waals surface area contributed by atoms with Crippen molar-refractivity contribution in [3.63, 3.8) is 0 Å². The Morgan fingerprint density at radius 3 is 2.43 bits per heavy atom. The topological polar surface area (TPSA) is 82.1 Å². The molecule has 0 aromatic heterocycles. The van der Waals surface area contributed by atoms with Crippen molar-refractivity contribution in [3.05, 3.63) is 29.3 Å². The van der Waals surface area contributed by atoms with E-state index in [1.807, 2.05) is 17.0 Å². The van der Waals surface area contributed by atoms with Gasteiger partial charge in [-0.1, -0.05) is 13.0 Å². The minimum atomic E-state index is -5.59. The summed E-state index contributed by atoms with van der Waals surface area (Å²) in [6, 6.07) is 6.60. The molecule has 2 aliphatic heterocycles. The first kappa shape index (κ1) is 36.9. The van der Waals surface area contributed by atoms with Crippen LogP contribution in [0.4, 0.5) is 26.7 Å². The highest BCUT2D eigenvalue weighted by Gasteiger charge is 2.57. The Morgan fingerprint density at radius 1 is 1.02 bits per heavy atom. The number of halogens is 5. The molecule has 49 heavy (non-hydrogen) atoms. The number of piperidine rings is 1. The Hall–Kier alpha value is -1.83. The van der Waals surface area contributed by atoms with Crippen molar-refractivity contribution in [2.24, 2.45) is 23.2 Å². The second kappa shape index (κ2) is 15.0. The van der Waals surface area contributed by atoms with Crippen LogP contribution in [0.25, 0.3) is 0 Å². The number of carbonyl (C=O) groups excluding carboxylic acids is 1. The molecule has 276 valence electrons. The number of ether oxygens (including phenoxy) is 1. The summed E-state index contributed by atoms with van der Waals surface area (Å²) in [7, 11) is -1.49. The van der Waals surface area contributed by atoms with E-state index in [4.69, 9.17) is 4.74 Å². The molecular formula is C36H52F5N3O4S. The third-order valence-corrected chi connectivity index (χ3v) is 14.3. The van der Waals surface area contributed by atoms with Crippen LogP contribution in [0.15, 0.2) is 18.2 Å². The summed E-state index contributed by atoms with van der Waals surface area (Å²) in [5.74, 6) is -2.90. The predicted molar refractivity (Wildman–Crippen MR) is 177 cm³/mol. The number of hydroxylamine groups is 1. The van der Waals surface area contributed by atoms with Crippen LogP contribution in [0.2, 0.25) is 0 Å². The summed E-state index contributed by atoms with van der Waals surface area (Å²) in [6.07, 6.45) is 2.62. The Bertz CT molecular complexity index is 1340. The van der Waals surface area contributed by atoms with Gasteiger partial charge in [-0.05, 0) is 142 Å². The monoisotopic (exact) mass is 717 g/mol. The molecule has 3 aliphatic carbocycles. The smallest absolute Gasteiger partial charge is 0.410 e. The molecule has 0 radical (unpaired) electrons. The van der Waals surface area contributed by atoms with Crippen molar-refractivity contribution < 1.29 is 40.9 Å². The van der Waals surface area contributed by atoms with Gasteiger partial charge in [0.2, 0.25) is 0 Å². The van der Waals surface area contributed by atoms with Crippen LogP contribution < -0.4 is 10.2 Å². The SMILES string of the molecule is C[C@]12CC[C@@H]3c4ccc(OC(=O)N5CCC(N6CCCC6)CC5)cc4C[C@@H](CCCS(=O)CCCC(F)(F)C(F)(F)F)[C@H]3[C@@H]1CCC2NO. The number of fused-ring (bicyclic) bond motifs is 5. The standard InChI is InChI=1S/C36H52F5N3O4S/c1-34-15-11-29-28-8-7-27(48-33(45)44-18-12-26(13-19-44)43-16-2-3-17-43)23-25(28)22-24(32(29)30(34)9-10-31(34)42-46)6-4-20-49(47)21-5-14-35(37,38)36(39,40)41/h7-8,23-24,26,29-32,42,46H,2-6,9-22H2,1H3/t24-,29-,30+,31?,32-,34+,49?/m1/s1. The number of amides is 1. The highest BCUT2D eigenvalue weighted by atomic mass is 32.2. The number of carbonyl (C=O) groups is 1. The third-order valence-electron chi connectivity index (χ3n) is 12.8. The molecule has 4 fully saturated rings. The minimum Gasteiger partial charge on any atom is -0.410 e. The van der Waals surface area contributed by atoms with Crippen LogP contribution in [0.1, 0.15) is 101 Å². The number of likely N-dealkylation sites (tertiary alicyclic amines) is 2. The molecule has 1 aromatic rings. The molecule has 0 bridgehead atoms. The maximum Gasteiger partial charge on any atom is 0.453 e. The lowest BCUT2D eigenvalue weighted by atomic mass is 9.52. The van der Waals surface area contributed by atoms with Crippen LogP contribution in [-0.2, 0) is 17.2 Å². The van der Waals surface area contributed by atoms with E-state index in [-0.39, 0.29) is 35.0 Å². The quantitative estimate of drug-likeness (QED) is 0.181. The summed E-state index contributed by atoms with van der Waals surface area (Å²) in [5.41, 5.74) is 4.95. The lowest BCUT2D eigenvalue weighted by Crippen LogP contribution is -2.50. The second-order valence-electron chi connectivity index (χ2n) is 15.5. The zero-order valence-corrected chi connectivity index (χ0v) is 29.3. The summed E-state index contributed by atoms with van der Waals surface area (Å²) in [4.78, 5) is 17.6. The van der Waals surface area contributed by atoms with E-state index in [1.54, 1.807) is 0 Å². The fraction of sp³-hybridized carbons (Fsp3) is 0.806. The molecule has 1 aromatic carbocycles. The number of nitrogens with zero attached hydrogens (tertiary/aromatic N) is 2. The highest BCUT2D eigenvalue weighted by molar-refractivity contribution is 7.84. The minimum absolute atomic E-state index is 0.0185. The number of alkyl halides is 5. The fourth-order valence-electron chi connectivity index (χ4n) is 10.2. The Kier molecular flexibility index (Phi) is 11.3. The van der Waals surface area contributed by atoms with E-state index in [0.29, 0.717) is 49.1 Å². The van der Waals surface area contributed by atoms with Gasteiger partial charge in [0.15, 0.2) is 0 Å². The number of hydrogen-bond acceptors (Lipinski definition) is 6. The van der Waals surface area contributed by atoms with E-state index < -0.39 is 35.7 Å². The maximum absolute atomic E-state index is 13.3. The van der Waals surface area contributed by atoms with Crippen LogP contribution in [0.3, 0.4) is 0 Å². The van der Waals surface area contributed by atoms with Crippen molar-refractivity contribution in [1.29, 1.82) is 0 Å². The van der Waals surface area contributed by atoms with Crippen LogP contribution in [0.5, 0.6) is 5.75 Å². The van der Waals surface area contributed by atoms with E-state index in [1.165, 1.54) is 18.4 Å². The van der Waals surface area contributed by atoms with Gasteiger partial charge in [-0.15, -0.1) is 0 Å². The average molecular weight is 718 g/mol. The van der Waals surface area contributed by atoms with Gasteiger partial charge in [-0.2, -0.15) is 22.0 Å². The summed E-state index contributed by atoms with van der Waals surface area (Å²) in [5, 5.41) is 9.98. The van der Waals surface area contributed by atoms with Gasteiger partial charge >= 0.3 is 18.2 Å². The normalized spacial score (nSPS) is 31.7. The predicted octanol–water partition coefficient (Wildman–Crippen LogP) is 7.68. The lowest BCUT2D eigenvalue weighted by Gasteiger charge is -2.53. The van der Waals surface area contributed by atoms with Crippen molar-refractivity contribution in [1.82, 2.24) is 15.3 Å². The highest BCUT2D eigenvalue weighted by Crippen LogP contribution is 2.62. The molecule has 5 aliphatic rings. The molecule has 0 spiro atoms. The molecule has 7 atom stereocenters. The van der Waals surface area contributed by atoms with Gasteiger partial charge < -0.3 is 19.7 Å². The molecule has 2 unspecified atom stereocenters. The van der Waals surface area contributed by atoms with E-state index in [9.17, 15) is 36.2 Å². The molecule has 7 nitrogen and oxygen atoms in total. The average Bonchev–Trinajstić information content (AvgIpc) is 3.72. The molecule has 13 heteroatoms. The van der Waals surface area contributed by atoms with Gasteiger partial charge in [-0.3, -0.25) is 4.21 Å². The number of nitrogens with one attached hydrogen (secondary N) is 1. The Morgan fingerprint density at radius 2 is 1.73 bits per heavy atom. The van der Waals surface area contributed by atoms with Gasteiger partial charge in [0.25, 0.3) is 0 Å². The number of rotatable bonds is 11. The first-order chi connectivity index (χ1) is 23.3. The van der Waals surface area contributed by atoms with Crippen molar-refractivity contribution in [3.8, 4) is 5.75 Å². The number of hydrogen-bond donors (Lipinski definition) is 2. The second-order valence-corrected chi connectivity index (χ2v) is 17.2. The molecular weight excluding hydrogens is 665 g/mol. The van der Waals surface area contributed by atoms with Crippen LogP contribution in [-0.4, -0.2) is 87.2 Å². The Balaban J connectivity index is 1.10. The zero-order valence-electron chi connectivity index (χ0n) is 28.5. The zero-order chi connectivity index (χ0) is 35.0. The van der Waals surface area contributed by atoms with Gasteiger partial charge in [0.1, 0.15) is 5.75 Å². The first-order valence-corrected chi connectivity index (χ1v) is 19.8. The molecule has 1 amide bonds. The largest absolute Gasteiger partial charge is 0.453 e. The van der Waals surface area contributed by atoms with Crippen molar-refractivity contribution in [2.45, 2.75) is 120 Å². The Labute approximate surface area is 289 Å². The molecule has 2 N–H and O–H groups in total. The summed E-state index contributed by atoms with van der Waals surface area (Å²) in [6.45, 7) is 5.94. The molecule has 6 rings (SSSR count). The molecule has 2 saturated carbocycles. The first-order valence-electron chi connectivity index (χ1n) is 18.3. The lowest BCUT2D eigenvalue weighted by molar-refractivity contribution is -0.284.